The maximum absolute atomic E-state index is 5.47. The number of likely N-dealkylation sites (N-methyl/N-ethyl adjacent to an activating group) is 1. The van der Waals surface area contributed by atoms with Crippen LogP contribution in [0.15, 0.2) is 17.5 Å². The van der Waals surface area contributed by atoms with E-state index in [-0.39, 0.29) is 0 Å². The van der Waals surface area contributed by atoms with Crippen LogP contribution in [0.1, 0.15) is 10.9 Å². The van der Waals surface area contributed by atoms with E-state index in [1.807, 2.05) is 7.05 Å². The minimum absolute atomic E-state index is 0.298. The van der Waals surface area contributed by atoms with Gasteiger partial charge in [0.25, 0.3) is 0 Å². The fourth-order valence-corrected chi connectivity index (χ4v) is 1.96. The van der Waals surface area contributed by atoms with Gasteiger partial charge in [0.05, 0.1) is 25.9 Å². The number of nitrogens with one attached hydrogen (secondary N) is 1. The summed E-state index contributed by atoms with van der Waals surface area (Å²) in [5.74, 6) is 0. The zero-order valence-corrected chi connectivity index (χ0v) is 9.47. The van der Waals surface area contributed by atoms with Crippen molar-refractivity contribution in [1.29, 1.82) is 0 Å². The van der Waals surface area contributed by atoms with E-state index in [2.05, 4.69) is 22.8 Å². The first-order chi connectivity index (χ1) is 6.88. The molecule has 1 rings (SSSR count). The topological polar surface area (TPSA) is 30.5 Å². The summed E-state index contributed by atoms with van der Waals surface area (Å²) in [5, 5.41) is 5.30. The van der Waals surface area contributed by atoms with Crippen molar-refractivity contribution in [2.24, 2.45) is 0 Å². The lowest BCUT2D eigenvalue weighted by molar-refractivity contribution is 0.0601. The molecule has 1 atom stereocenters. The summed E-state index contributed by atoms with van der Waals surface area (Å²) in [7, 11) is 3.63. The van der Waals surface area contributed by atoms with Gasteiger partial charge in [-0.1, -0.05) is 6.07 Å². The maximum atomic E-state index is 5.47. The molecule has 0 aliphatic heterocycles. The highest BCUT2D eigenvalue weighted by Gasteiger charge is 2.09. The van der Waals surface area contributed by atoms with Crippen molar-refractivity contribution in [2.75, 3.05) is 34.0 Å². The zero-order valence-electron chi connectivity index (χ0n) is 8.66. The van der Waals surface area contributed by atoms with Gasteiger partial charge in [0.2, 0.25) is 0 Å². The van der Waals surface area contributed by atoms with E-state index in [1.54, 1.807) is 18.4 Å². The maximum Gasteiger partial charge on any atom is 0.0701 e. The lowest BCUT2D eigenvalue weighted by Gasteiger charge is -2.14. The molecule has 0 aromatic carbocycles. The average Bonchev–Trinajstić information content (AvgIpc) is 2.71. The zero-order chi connectivity index (χ0) is 10.2. The van der Waals surface area contributed by atoms with Gasteiger partial charge in [-0.15, -0.1) is 11.3 Å². The number of hydrogen-bond donors (Lipinski definition) is 1. The first kappa shape index (κ1) is 11.7. The Kier molecular flexibility index (Phi) is 5.78. The number of rotatable bonds is 7. The summed E-state index contributed by atoms with van der Waals surface area (Å²) >= 11 is 1.75. The normalized spacial score (nSPS) is 13.0. The molecular formula is C10H17NO2S. The van der Waals surface area contributed by atoms with Crippen LogP contribution in [0.5, 0.6) is 0 Å². The molecule has 0 saturated heterocycles. The van der Waals surface area contributed by atoms with Gasteiger partial charge in [0.1, 0.15) is 0 Å². The first-order valence-corrected chi connectivity index (χ1v) is 5.53. The molecular weight excluding hydrogens is 198 g/mol. The fourth-order valence-electron chi connectivity index (χ4n) is 1.14. The van der Waals surface area contributed by atoms with Crippen molar-refractivity contribution in [3.05, 3.63) is 22.4 Å². The molecule has 3 nitrogen and oxygen atoms in total. The third-order valence-corrected chi connectivity index (χ3v) is 2.94. The highest BCUT2D eigenvalue weighted by Crippen LogP contribution is 2.18. The van der Waals surface area contributed by atoms with Gasteiger partial charge in [-0.2, -0.15) is 0 Å². The van der Waals surface area contributed by atoms with Crippen molar-refractivity contribution in [3.63, 3.8) is 0 Å². The minimum Gasteiger partial charge on any atom is -0.382 e. The van der Waals surface area contributed by atoms with Crippen LogP contribution in [0.2, 0.25) is 0 Å². The lowest BCUT2D eigenvalue weighted by Crippen LogP contribution is -2.21. The molecule has 1 unspecified atom stereocenters. The van der Waals surface area contributed by atoms with Gasteiger partial charge in [-0.25, -0.2) is 0 Å². The van der Waals surface area contributed by atoms with Crippen LogP contribution in [0.25, 0.3) is 0 Å². The second-order valence-corrected chi connectivity index (χ2v) is 3.90. The van der Waals surface area contributed by atoms with Crippen molar-refractivity contribution in [2.45, 2.75) is 6.04 Å². The van der Waals surface area contributed by atoms with Gasteiger partial charge in [0.15, 0.2) is 0 Å². The molecule has 0 aliphatic carbocycles. The van der Waals surface area contributed by atoms with E-state index in [0.717, 1.165) is 0 Å². The largest absolute Gasteiger partial charge is 0.382 e. The Morgan fingerprint density at radius 3 is 2.93 bits per heavy atom. The van der Waals surface area contributed by atoms with Gasteiger partial charge in [-0.3, -0.25) is 0 Å². The van der Waals surface area contributed by atoms with E-state index in [9.17, 15) is 0 Å². The van der Waals surface area contributed by atoms with E-state index in [4.69, 9.17) is 9.47 Å². The molecule has 1 N–H and O–H groups in total. The molecule has 0 spiro atoms. The smallest absolute Gasteiger partial charge is 0.0701 e. The van der Waals surface area contributed by atoms with Crippen LogP contribution in [-0.2, 0) is 9.47 Å². The van der Waals surface area contributed by atoms with E-state index < -0.39 is 0 Å². The van der Waals surface area contributed by atoms with Crippen LogP contribution in [0, 0.1) is 0 Å². The third kappa shape index (κ3) is 3.75. The summed E-state index contributed by atoms with van der Waals surface area (Å²) < 4.78 is 10.4. The first-order valence-electron chi connectivity index (χ1n) is 4.66. The molecule has 4 heteroatoms. The highest BCUT2D eigenvalue weighted by molar-refractivity contribution is 7.10. The molecule has 0 amide bonds. The van der Waals surface area contributed by atoms with Crippen LogP contribution < -0.4 is 5.32 Å². The van der Waals surface area contributed by atoms with E-state index in [1.165, 1.54) is 4.88 Å². The predicted molar refractivity (Wildman–Crippen MR) is 58.8 cm³/mol. The predicted octanol–water partition coefficient (Wildman–Crippen LogP) is 1.67. The second kappa shape index (κ2) is 6.95. The Hall–Kier alpha value is -0.420. The molecule has 0 fully saturated rings. The molecule has 0 aliphatic rings. The molecule has 14 heavy (non-hydrogen) atoms. The fraction of sp³-hybridized carbons (Fsp3) is 0.600. The highest BCUT2D eigenvalue weighted by atomic mass is 32.1. The molecule has 0 bridgehead atoms. The monoisotopic (exact) mass is 215 g/mol. The van der Waals surface area contributed by atoms with Crippen molar-refractivity contribution in [3.8, 4) is 0 Å². The van der Waals surface area contributed by atoms with Gasteiger partial charge < -0.3 is 14.8 Å². The quantitative estimate of drug-likeness (QED) is 0.702. The number of ether oxygens (including phenoxy) is 2. The number of hydrogen-bond acceptors (Lipinski definition) is 4. The lowest BCUT2D eigenvalue weighted by atomic mass is 10.2. The van der Waals surface area contributed by atoms with Crippen LogP contribution in [0.3, 0.4) is 0 Å². The van der Waals surface area contributed by atoms with Crippen LogP contribution in [-0.4, -0.2) is 34.0 Å². The van der Waals surface area contributed by atoms with Crippen molar-refractivity contribution in [1.82, 2.24) is 5.32 Å². The summed E-state index contributed by atoms with van der Waals surface area (Å²) in [5.41, 5.74) is 0. The molecule has 1 heterocycles. The minimum atomic E-state index is 0.298. The molecule has 80 valence electrons. The third-order valence-electron chi connectivity index (χ3n) is 1.95. The molecule has 0 radical (unpaired) electrons. The molecule has 1 aromatic rings. The Morgan fingerprint density at radius 2 is 2.36 bits per heavy atom. The Morgan fingerprint density at radius 1 is 1.50 bits per heavy atom. The number of methoxy groups -OCH3 is 1. The average molecular weight is 215 g/mol. The summed E-state index contributed by atoms with van der Waals surface area (Å²) in [6, 6.07) is 4.47. The van der Waals surface area contributed by atoms with E-state index >= 15 is 0 Å². The summed E-state index contributed by atoms with van der Waals surface area (Å²) in [6.07, 6.45) is 0. The van der Waals surface area contributed by atoms with Crippen LogP contribution in [0.4, 0.5) is 0 Å². The number of thiophene rings is 1. The Bertz CT molecular complexity index is 226. The van der Waals surface area contributed by atoms with E-state index in [0.29, 0.717) is 25.9 Å². The summed E-state index contributed by atoms with van der Waals surface area (Å²) in [4.78, 5) is 1.31. The standard InChI is InChI=1S/C10H17NO2S/c1-11-9(8-13-6-5-12-2)10-4-3-7-14-10/h3-4,7,9,11H,5-6,8H2,1-2H3. The SMILES string of the molecule is CNC(COCCOC)c1cccs1. The Balaban J connectivity index is 2.26. The molecule has 0 saturated carbocycles. The van der Waals surface area contributed by atoms with Crippen LogP contribution >= 0.6 is 11.3 Å². The molecule has 1 aromatic heterocycles. The van der Waals surface area contributed by atoms with Gasteiger partial charge in [-0.05, 0) is 18.5 Å². The van der Waals surface area contributed by atoms with Crippen molar-refractivity contribution >= 4 is 11.3 Å². The summed E-state index contributed by atoms with van der Waals surface area (Å²) in [6.45, 7) is 2.00. The second-order valence-electron chi connectivity index (χ2n) is 2.92. The Labute approximate surface area is 89.0 Å². The van der Waals surface area contributed by atoms with Gasteiger partial charge in [0, 0.05) is 12.0 Å². The van der Waals surface area contributed by atoms with Crippen molar-refractivity contribution < 1.29 is 9.47 Å². The van der Waals surface area contributed by atoms with Gasteiger partial charge >= 0.3 is 0 Å².